The van der Waals surface area contributed by atoms with Gasteiger partial charge in [0.2, 0.25) is 16.8 Å². The van der Waals surface area contributed by atoms with Crippen LogP contribution >= 0.6 is 0 Å². The molecule has 3 rings (SSSR count). The molecule has 2 N–H and O–H groups in total. The number of nitrogens with one attached hydrogen (secondary N) is 1. The summed E-state index contributed by atoms with van der Waals surface area (Å²) in [6.07, 6.45) is 0.902. The molecule has 144 valence electrons. The van der Waals surface area contributed by atoms with Crippen molar-refractivity contribution in [2.75, 3.05) is 11.9 Å². The summed E-state index contributed by atoms with van der Waals surface area (Å²) in [5.74, 6) is -2.25. The van der Waals surface area contributed by atoms with Gasteiger partial charge in [-0.2, -0.15) is 4.31 Å². The lowest BCUT2D eigenvalue weighted by molar-refractivity contribution is -0.119. The van der Waals surface area contributed by atoms with Crippen molar-refractivity contribution in [1.82, 2.24) is 4.31 Å². The number of sulfonamides is 1. The minimum atomic E-state index is -4.11. The smallest absolute Gasteiger partial charge is 0.371 e. The van der Waals surface area contributed by atoms with Gasteiger partial charge in [0.05, 0.1) is 0 Å². The summed E-state index contributed by atoms with van der Waals surface area (Å²) in [4.78, 5) is 23.6. The molecule has 8 nitrogen and oxygen atoms in total. The predicted molar refractivity (Wildman–Crippen MR) is 97.1 cm³/mol. The molecule has 0 saturated carbocycles. The number of hydrogen-bond donors (Lipinski definition) is 2. The fourth-order valence-electron chi connectivity index (χ4n) is 3.15. The molecule has 27 heavy (non-hydrogen) atoms. The maximum absolute atomic E-state index is 12.8. The standard InChI is InChI=1S/C18H20N2O6S/c1-11-5-6-13(12(2)10-11)19-17(21)14-4-3-9-20(14)27(24,25)16-8-7-15(26-16)18(22)23/h5-8,10,14H,3-4,9H2,1-2H3,(H,19,21)(H,22,23). The van der Waals surface area contributed by atoms with Crippen molar-refractivity contribution in [3.05, 3.63) is 47.2 Å². The summed E-state index contributed by atoms with van der Waals surface area (Å²) < 4.78 is 31.6. The molecule has 1 aromatic heterocycles. The number of carboxylic acid groups (broad SMARTS) is 1. The average molecular weight is 392 g/mol. The van der Waals surface area contributed by atoms with E-state index in [-0.39, 0.29) is 6.54 Å². The van der Waals surface area contributed by atoms with Crippen molar-refractivity contribution in [2.45, 2.75) is 37.8 Å². The number of aryl methyl sites for hydroxylation is 2. The zero-order valence-corrected chi connectivity index (χ0v) is 15.7. The fourth-order valence-corrected chi connectivity index (χ4v) is 4.72. The number of nitrogens with zero attached hydrogens (tertiary/aromatic N) is 1. The molecule has 1 unspecified atom stereocenters. The molecule has 0 aliphatic carbocycles. The van der Waals surface area contributed by atoms with Crippen LogP contribution in [0.15, 0.2) is 39.8 Å². The molecule has 0 spiro atoms. The van der Waals surface area contributed by atoms with Gasteiger partial charge in [-0.3, -0.25) is 4.79 Å². The number of amides is 1. The van der Waals surface area contributed by atoms with Crippen LogP contribution in [-0.2, 0) is 14.8 Å². The lowest BCUT2D eigenvalue weighted by Gasteiger charge is -2.22. The van der Waals surface area contributed by atoms with Crippen LogP contribution in [0.25, 0.3) is 0 Å². The van der Waals surface area contributed by atoms with Crippen molar-refractivity contribution in [3.8, 4) is 0 Å². The van der Waals surface area contributed by atoms with Crippen LogP contribution in [-0.4, -0.2) is 42.3 Å². The molecule has 1 saturated heterocycles. The fraction of sp³-hybridized carbons (Fsp3) is 0.333. The second kappa shape index (κ2) is 7.16. The third-order valence-electron chi connectivity index (χ3n) is 4.50. The van der Waals surface area contributed by atoms with Crippen LogP contribution < -0.4 is 5.32 Å². The number of benzene rings is 1. The minimum Gasteiger partial charge on any atom is -0.475 e. The van der Waals surface area contributed by atoms with Crippen molar-refractivity contribution in [3.63, 3.8) is 0 Å². The predicted octanol–water partition coefficient (Wildman–Crippen LogP) is 2.39. The van der Waals surface area contributed by atoms with Crippen LogP contribution in [0.4, 0.5) is 5.69 Å². The van der Waals surface area contributed by atoms with Gasteiger partial charge in [0.25, 0.3) is 10.0 Å². The van der Waals surface area contributed by atoms with Gasteiger partial charge in [-0.05, 0) is 50.5 Å². The molecular formula is C18H20N2O6S. The van der Waals surface area contributed by atoms with E-state index in [1.807, 2.05) is 26.0 Å². The molecule has 9 heteroatoms. The highest BCUT2D eigenvalue weighted by Crippen LogP contribution is 2.28. The molecular weight excluding hydrogens is 372 g/mol. The Hall–Kier alpha value is -2.65. The molecule has 0 radical (unpaired) electrons. The van der Waals surface area contributed by atoms with Crippen LogP contribution in [0.2, 0.25) is 0 Å². The maximum Gasteiger partial charge on any atom is 0.371 e. The highest BCUT2D eigenvalue weighted by Gasteiger charge is 2.41. The first-order valence-electron chi connectivity index (χ1n) is 8.43. The topological polar surface area (TPSA) is 117 Å². The number of carbonyl (C=O) groups is 2. The van der Waals surface area contributed by atoms with E-state index in [0.29, 0.717) is 18.5 Å². The maximum atomic E-state index is 12.8. The number of furan rings is 1. The lowest BCUT2D eigenvalue weighted by atomic mass is 10.1. The second-order valence-electron chi connectivity index (χ2n) is 6.51. The Balaban J connectivity index is 1.83. The van der Waals surface area contributed by atoms with E-state index >= 15 is 0 Å². The molecule has 1 aliphatic heterocycles. The van der Waals surface area contributed by atoms with Gasteiger partial charge in [-0.15, -0.1) is 0 Å². The Bertz CT molecular complexity index is 995. The van der Waals surface area contributed by atoms with Crippen molar-refractivity contribution >= 4 is 27.6 Å². The molecule has 0 bridgehead atoms. The van der Waals surface area contributed by atoms with E-state index in [2.05, 4.69) is 5.32 Å². The Morgan fingerprint density at radius 1 is 1.22 bits per heavy atom. The molecule has 1 fully saturated rings. The van der Waals surface area contributed by atoms with Crippen molar-refractivity contribution in [1.29, 1.82) is 0 Å². The number of hydrogen-bond acceptors (Lipinski definition) is 5. The third kappa shape index (κ3) is 3.74. The van der Waals surface area contributed by atoms with Gasteiger partial charge in [-0.1, -0.05) is 17.7 Å². The van der Waals surface area contributed by atoms with E-state index in [1.54, 1.807) is 6.07 Å². The van der Waals surface area contributed by atoms with Gasteiger partial charge in [0.15, 0.2) is 0 Å². The van der Waals surface area contributed by atoms with E-state index in [4.69, 9.17) is 9.52 Å². The minimum absolute atomic E-state index is 0.163. The summed E-state index contributed by atoms with van der Waals surface area (Å²) in [6, 6.07) is 6.86. The first-order valence-corrected chi connectivity index (χ1v) is 9.87. The third-order valence-corrected chi connectivity index (χ3v) is 6.28. The first-order chi connectivity index (χ1) is 12.7. The monoisotopic (exact) mass is 392 g/mol. The highest BCUT2D eigenvalue weighted by molar-refractivity contribution is 7.89. The molecule has 1 atom stereocenters. The summed E-state index contributed by atoms with van der Waals surface area (Å²) in [6.45, 7) is 3.97. The van der Waals surface area contributed by atoms with Gasteiger partial charge in [0.1, 0.15) is 6.04 Å². The van der Waals surface area contributed by atoms with Gasteiger partial charge in [0, 0.05) is 12.2 Å². The zero-order chi connectivity index (χ0) is 19.8. The Morgan fingerprint density at radius 3 is 2.59 bits per heavy atom. The number of carboxylic acids is 1. The number of rotatable bonds is 5. The van der Waals surface area contributed by atoms with Gasteiger partial charge >= 0.3 is 5.97 Å². The molecule has 2 heterocycles. The van der Waals surface area contributed by atoms with Crippen molar-refractivity contribution < 1.29 is 27.5 Å². The summed E-state index contributed by atoms with van der Waals surface area (Å²) in [7, 11) is -4.11. The lowest BCUT2D eigenvalue weighted by Crippen LogP contribution is -2.43. The van der Waals surface area contributed by atoms with E-state index < -0.39 is 38.8 Å². The van der Waals surface area contributed by atoms with Crippen molar-refractivity contribution in [2.24, 2.45) is 0 Å². The number of anilines is 1. The Kier molecular flexibility index (Phi) is 5.07. The zero-order valence-electron chi connectivity index (χ0n) is 14.9. The van der Waals surface area contributed by atoms with Gasteiger partial charge < -0.3 is 14.8 Å². The van der Waals surface area contributed by atoms with Gasteiger partial charge in [-0.25, -0.2) is 13.2 Å². The van der Waals surface area contributed by atoms with Crippen LogP contribution in [0.5, 0.6) is 0 Å². The number of aromatic carboxylic acids is 1. The SMILES string of the molecule is Cc1ccc(NC(=O)C2CCCN2S(=O)(=O)c2ccc(C(=O)O)o2)c(C)c1. The van der Waals surface area contributed by atoms with E-state index in [9.17, 15) is 18.0 Å². The second-order valence-corrected chi connectivity index (χ2v) is 8.33. The quantitative estimate of drug-likeness (QED) is 0.807. The van der Waals surface area contributed by atoms with Crippen LogP contribution in [0.1, 0.15) is 34.5 Å². The Labute approximate surface area is 156 Å². The van der Waals surface area contributed by atoms with E-state index in [1.165, 1.54) is 0 Å². The van der Waals surface area contributed by atoms with Crippen LogP contribution in [0.3, 0.4) is 0 Å². The first kappa shape index (κ1) is 19.1. The molecule has 1 aromatic carbocycles. The van der Waals surface area contributed by atoms with E-state index in [0.717, 1.165) is 27.6 Å². The number of carbonyl (C=O) groups excluding carboxylic acids is 1. The highest BCUT2D eigenvalue weighted by atomic mass is 32.2. The molecule has 1 amide bonds. The summed E-state index contributed by atoms with van der Waals surface area (Å²) >= 11 is 0. The normalized spacial score (nSPS) is 17.8. The largest absolute Gasteiger partial charge is 0.475 e. The Morgan fingerprint density at radius 2 is 1.96 bits per heavy atom. The van der Waals surface area contributed by atoms with Crippen LogP contribution in [0, 0.1) is 13.8 Å². The summed E-state index contributed by atoms with van der Waals surface area (Å²) in [5.41, 5.74) is 2.57. The average Bonchev–Trinajstić information content (AvgIpc) is 3.27. The summed E-state index contributed by atoms with van der Waals surface area (Å²) in [5, 5.41) is 11.2. The molecule has 1 aliphatic rings. The molecule has 2 aromatic rings.